The minimum atomic E-state index is -1.41. The topological polar surface area (TPSA) is 40.5 Å². The van der Waals surface area contributed by atoms with E-state index in [9.17, 15) is 10.2 Å². The first-order valence-electron chi connectivity index (χ1n) is 9.01. The molecule has 0 amide bonds. The van der Waals surface area contributed by atoms with Crippen molar-refractivity contribution in [2.24, 2.45) is 28.6 Å². The van der Waals surface area contributed by atoms with E-state index in [2.05, 4.69) is 19.9 Å². The summed E-state index contributed by atoms with van der Waals surface area (Å²) in [6.45, 7) is 4.79. The van der Waals surface area contributed by atoms with Crippen LogP contribution in [0.4, 0.5) is 0 Å². The van der Waals surface area contributed by atoms with Crippen molar-refractivity contribution >= 4 is 0 Å². The fraction of sp³-hybridized carbons (Fsp3) is 0.895. The van der Waals surface area contributed by atoms with Crippen LogP contribution in [-0.2, 0) is 0 Å². The van der Waals surface area contributed by atoms with E-state index < -0.39 is 5.79 Å². The van der Waals surface area contributed by atoms with E-state index in [1.54, 1.807) is 5.57 Å². The molecule has 21 heavy (non-hydrogen) atoms. The van der Waals surface area contributed by atoms with Gasteiger partial charge in [-0.3, -0.25) is 0 Å². The molecule has 2 N–H and O–H groups in total. The fourth-order valence-corrected chi connectivity index (χ4v) is 6.84. The van der Waals surface area contributed by atoms with E-state index >= 15 is 0 Å². The van der Waals surface area contributed by atoms with Crippen molar-refractivity contribution in [2.45, 2.75) is 77.4 Å². The summed E-state index contributed by atoms with van der Waals surface area (Å²) in [5.41, 5.74) is 2.20. The van der Waals surface area contributed by atoms with Crippen molar-refractivity contribution in [1.82, 2.24) is 0 Å². The van der Waals surface area contributed by atoms with Crippen molar-refractivity contribution in [3.63, 3.8) is 0 Å². The molecule has 3 fully saturated rings. The first kappa shape index (κ1) is 14.3. The summed E-state index contributed by atoms with van der Waals surface area (Å²) in [7, 11) is 0. The Hall–Kier alpha value is -0.340. The average molecular weight is 290 g/mol. The predicted octanol–water partition coefficient (Wildman–Crippen LogP) is 4.02. The molecule has 3 saturated carbocycles. The van der Waals surface area contributed by atoms with Crippen LogP contribution in [0.25, 0.3) is 0 Å². The zero-order chi connectivity index (χ0) is 14.9. The number of allylic oxidation sites excluding steroid dienone is 2. The van der Waals surface area contributed by atoms with Crippen molar-refractivity contribution in [3.05, 3.63) is 11.6 Å². The summed E-state index contributed by atoms with van der Waals surface area (Å²) in [5, 5.41) is 21.2. The molecule has 0 aromatic carbocycles. The van der Waals surface area contributed by atoms with Gasteiger partial charge in [-0.15, -0.1) is 0 Å². The Morgan fingerprint density at radius 3 is 2.67 bits per heavy atom. The summed E-state index contributed by atoms with van der Waals surface area (Å²) in [6, 6.07) is 0. The second-order valence-electron chi connectivity index (χ2n) is 8.90. The van der Waals surface area contributed by atoms with E-state index in [-0.39, 0.29) is 11.3 Å². The Kier molecular flexibility index (Phi) is 2.96. The van der Waals surface area contributed by atoms with Crippen LogP contribution in [0.15, 0.2) is 11.6 Å². The van der Waals surface area contributed by atoms with Crippen LogP contribution < -0.4 is 0 Å². The van der Waals surface area contributed by atoms with Gasteiger partial charge in [-0.1, -0.05) is 25.5 Å². The normalized spacial score (nSPS) is 51.6. The summed E-state index contributed by atoms with van der Waals surface area (Å²) < 4.78 is 0. The first-order valence-corrected chi connectivity index (χ1v) is 9.01. The lowest BCUT2D eigenvalue weighted by molar-refractivity contribution is -0.231. The van der Waals surface area contributed by atoms with Gasteiger partial charge in [0.25, 0.3) is 0 Å². The average Bonchev–Trinajstić information content (AvgIpc) is 2.69. The van der Waals surface area contributed by atoms with Crippen molar-refractivity contribution in [2.75, 3.05) is 0 Å². The van der Waals surface area contributed by atoms with E-state index in [4.69, 9.17) is 0 Å². The molecule has 4 aliphatic carbocycles. The summed E-state index contributed by atoms with van der Waals surface area (Å²) in [4.78, 5) is 0. The summed E-state index contributed by atoms with van der Waals surface area (Å²) >= 11 is 0. The van der Waals surface area contributed by atoms with Gasteiger partial charge in [-0.05, 0) is 74.0 Å². The lowest BCUT2D eigenvalue weighted by Crippen LogP contribution is -2.54. The quantitative estimate of drug-likeness (QED) is 0.522. The highest BCUT2D eigenvalue weighted by Crippen LogP contribution is 2.66. The predicted molar refractivity (Wildman–Crippen MR) is 83.5 cm³/mol. The van der Waals surface area contributed by atoms with Gasteiger partial charge in [0.15, 0.2) is 5.79 Å². The standard InChI is InChI=1S/C19H30O2/c1-17-10-8-15-14(16(17)19(20,21)12-11-17)7-6-13-5-3-4-9-18(13,15)2/h5,14-16,20-21H,3-4,6-12H2,1-2H3/t14-,15+,16+,17-,18+/m1/s1. The lowest BCUT2D eigenvalue weighted by Gasteiger charge is -2.58. The zero-order valence-corrected chi connectivity index (χ0v) is 13.6. The molecule has 0 unspecified atom stereocenters. The molecule has 118 valence electrons. The van der Waals surface area contributed by atoms with Crippen LogP contribution >= 0.6 is 0 Å². The maximum atomic E-state index is 10.6. The van der Waals surface area contributed by atoms with Crippen LogP contribution in [-0.4, -0.2) is 16.0 Å². The SMILES string of the molecule is C[C@]12CC[C@H]3[C@@H](CCC4=CCCC[C@@]43C)[C@@H]1C(O)(O)CC2. The van der Waals surface area contributed by atoms with Gasteiger partial charge in [0, 0.05) is 12.3 Å². The number of fused-ring (bicyclic) bond motifs is 5. The minimum Gasteiger partial charge on any atom is -0.365 e. The molecular weight excluding hydrogens is 260 g/mol. The molecule has 4 rings (SSSR count). The number of aliphatic hydroxyl groups is 2. The second kappa shape index (κ2) is 4.35. The van der Waals surface area contributed by atoms with E-state index in [0.717, 1.165) is 6.42 Å². The van der Waals surface area contributed by atoms with Crippen molar-refractivity contribution in [1.29, 1.82) is 0 Å². The maximum Gasteiger partial charge on any atom is 0.166 e. The van der Waals surface area contributed by atoms with Gasteiger partial charge in [0.1, 0.15) is 0 Å². The monoisotopic (exact) mass is 290 g/mol. The van der Waals surface area contributed by atoms with Crippen LogP contribution in [0, 0.1) is 28.6 Å². The molecule has 0 aromatic heterocycles. The third-order valence-corrected chi connectivity index (χ3v) is 7.87. The highest BCUT2D eigenvalue weighted by atomic mass is 16.5. The third kappa shape index (κ3) is 1.84. The summed E-state index contributed by atoms with van der Waals surface area (Å²) in [5.74, 6) is -0.122. The van der Waals surface area contributed by atoms with Crippen LogP contribution in [0.5, 0.6) is 0 Å². The Morgan fingerprint density at radius 2 is 1.86 bits per heavy atom. The fourth-order valence-electron chi connectivity index (χ4n) is 6.84. The number of rotatable bonds is 0. The van der Waals surface area contributed by atoms with Gasteiger partial charge in [-0.2, -0.15) is 0 Å². The largest absolute Gasteiger partial charge is 0.365 e. The Labute approximate surface area is 128 Å². The molecule has 0 aliphatic heterocycles. The van der Waals surface area contributed by atoms with Gasteiger partial charge in [0.2, 0.25) is 0 Å². The molecule has 0 spiro atoms. The molecule has 0 saturated heterocycles. The maximum absolute atomic E-state index is 10.6. The Bertz CT molecular complexity index is 480. The van der Waals surface area contributed by atoms with E-state index in [0.29, 0.717) is 23.7 Å². The van der Waals surface area contributed by atoms with Crippen molar-refractivity contribution in [3.8, 4) is 0 Å². The van der Waals surface area contributed by atoms with Gasteiger partial charge >= 0.3 is 0 Å². The Balaban J connectivity index is 1.73. The van der Waals surface area contributed by atoms with Crippen LogP contribution in [0.3, 0.4) is 0 Å². The van der Waals surface area contributed by atoms with Gasteiger partial charge in [0.05, 0.1) is 0 Å². The molecule has 0 bridgehead atoms. The number of hydrogen-bond acceptors (Lipinski definition) is 2. The molecule has 4 aliphatic rings. The second-order valence-corrected chi connectivity index (χ2v) is 8.90. The van der Waals surface area contributed by atoms with E-state index in [1.165, 1.54) is 44.9 Å². The molecule has 0 radical (unpaired) electrons. The lowest BCUT2D eigenvalue weighted by atomic mass is 9.47. The molecule has 2 heteroatoms. The van der Waals surface area contributed by atoms with E-state index in [1.807, 2.05) is 0 Å². The first-order chi connectivity index (χ1) is 9.87. The highest BCUT2D eigenvalue weighted by molar-refractivity contribution is 5.24. The van der Waals surface area contributed by atoms with Crippen LogP contribution in [0.1, 0.15) is 71.6 Å². The number of hydrogen-bond donors (Lipinski definition) is 2. The third-order valence-electron chi connectivity index (χ3n) is 7.87. The smallest absolute Gasteiger partial charge is 0.166 e. The molecule has 0 aromatic rings. The molecule has 5 atom stereocenters. The zero-order valence-electron chi connectivity index (χ0n) is 13.6. The minimum absolute atomic E-state index is 0.101. The Morgan fingerprint density at radius 1 is 1.05 bits per heavy atom. The van der Waals surface area contributed by atoms with Gasteiger partial charge < -0.3 is 10.2 Å². The van der Waals surface area contributed by atoms with Gasteiger partial charge in [-0.25, -0.2) is 0 Å². The molecule has 2 nitrogen and oxygen atoms in total. The van der Waals surface area contributed by atoms with Crippen LogP contribution in [0.2, 0.25) is 0 Å². The molecular formula is C19H30O2. The summed E-state index contributed by atoms with van der Waals surface area (Å²) in [6.07, 6.45) is 12.8. The molecule has 0 heterocycles. The highest BCUT2D eigenvalue weighted by Gasteiger charge is 2.62. The van der Waals surface area contributed by atoms with Crippen molar-refractivity contribution < 1.29 is 10.2 Å².